The molecule has 0 aliphatic carbocycles. The fourth-order valence-corrected chi connectivity index (χ4v) is 5.55. The minimum Gasteiger partial charge on any atom is -0.318 e. The van der Waals surface area contributed by atoms with Crippen molar-refractivity contribution in [3.8, 4) is 0 Å². The van der Waals surface area contributed by atoms with Gasteiger partial charge < -0.3 is 4.57 Å². The van der Waals surface area contributed by atoms with Crippen molar-refractivity contribution in [2.75, 3.05) is 12.8 Å². The van der Waals surface area contributed by atoms with Gasteiger partial charge in [-0.25, -0.2) is 13.4 Å². The van der Waals surface area contributed by atoms with Crippen LogP contribution in [0.1, 0.15) is 28.1 Å². The molecule has 0 saturated heterocycles. The summed E-state index contributed by atoms with van der Waals surface area (Å²) in [6.45, 7) is 3.30. The molecule has 0 atom stereocenters. The number of hydrogen-bond donors (Lipinski definition) is 0. The highest BCUT2D eigenvalue weighted by Gasteiger charge is 2.22. The van der Waals surface area contributed by atoms with Gasteiger partial charge in [-0.1, -0.05) is 30.3 Å². The maximum atomic E-state index is 12.2. The molecule has 3 aromatic rings. The van der Waals surface area contributed by atoms with Crippen LogP contribution >= 0.6 is 11.3 Å². The maximum Gasteiger partial charge on any atom is 0.227 e. The Bertz CT molecular complexity index is 1040. The van der Waals surface area contributed by atoms with Crippen molar-refractivity contribution < 1.29 is 8.42 Å². The number of rotatable bonds is 7. The summed E-state index contributed by atoms with van der Waals surface area (Å²) in [7, 11) is -3.35. The highest BCUT2D eigenvalue weighted by atomic mass is 32.2. The summed E-state index contributed by atoms with van der Waals surface area (Å²) < 4.78 is 26.4. The van der Waals surface area contributed by atoms with Crippen molar-refractivity contribution in [3.05, 3.63) is 69.7 Å². The van der Waals surface area contributed by atoms with Gasteiger partial charge in [0.2, 0.25) is 15.0 Å². The minimum absolute atomic E-state index is 0.184. The molecule has 148 valence electrons. The Morgan fingerprint density at radius 3 is 2.79 bits per heavy atom. The lowest BCUT2D eigenvalue weighted by Gasteiger charge is -2.27. The van der Waals surface area contributed by atoms with Gasteiger partial charge in [-0.2, -0.15) is 0 Å². The van der Waals surface area contributed by atoms with Crippen LogP contribution in [0.3, 0.4) is 0 Å². The SMILES string of the molecule is CS(=O)(=O)c1ncc(CN2CCc3sccc3C2)n1CCCc1ccccc1. The second-order valence-electron chi connectivity index (χ2n) is 7.37. The van der Waals surface area contributed by atoms with E-state index in [4.69, 9.17) is 0 Å². The van der Waals surface area contributed by atoms with E-state index < -0.39 is 9.84 Å². The Morgan fingerprint density at radius 1 is 1.18 bits per heavy atom. The quantitative estimate of drug-likeness (QED) is 0.592. The first-order valence-electron chi connectivity index (χ1n) is 9.57. The fourth-order valence-electron chi connectivity index (χ4n) is 3.81. The third-order valence-electron chi connectivity index (χ3n) is 5.20. The lowest BCUT2D eigenvalue weighted by atomic mass is 10.1. The number of imidazole rings is 1. The molecule has 7 heteroatoms. The van der Waals surface area contributed by atoms with Crippen molar-refractivity contribution in [2.24, 2.45) is 0 Å². The predicted molar refractivity (Wildman–Crippen MR) is 112 cm³/mol. The third kappa shape index (κ3) is 4.37. The monoisotopic (exact) mass is 415 g/mol. The van der Waals surface area contributed by atoms with Crippen LogP contribution in [-0.2, 0) is 42.3 Å². The molecule has 0 spiro atoms. The first-order chi connectivity index (χ1) is 13.5. The molecule has 0 bridgehead atoms. The van der Waals surface area contributed by atoms with E-state index in [9.17, 15) is 8.42 Å². The summed E-state index contributed by atoms with van der Waals surface area (Å²) in [5.74, 6) is 0. The molecule has 5 nitrogen and oxygen atoms in total. The van der Waals surface area contributed by atoms with Crippen LogP contribution in [0.4, 0.5) is 0 Å². The van der Waals surface area contributed by atoms with Gasteiger partial charge in [-0.3, -0.25) is 4.90 Å². The number of aromatic nitrogens is 2. The van der Waals surface area contributed by atoms with Crippen LogP contribution < -0.4 is 0 Å². The molecule has 1 aliphatic heterocycles. The lowest BCUT2D eigenvalue weighted by Crippen LogP contribution is -2.30. The topological polar surface area (TPSA) is 55.2 Å². The number of thiophene rings is 1. The Morgan fingerprint density at radius 2 is 2.00 bits per heavy atom. The molecule has 0 saturated carbocycles. The van der Waals surface area contributed by atoms with Crippen LogP contribution in [0, 0.1) is 0 Å². The van der Waals surface area contributed by atoms with Crippen molar-refractivity contribution >= 4 is 21.2 Å². The molecule has 0 amide bonds. The summed E-state index contributed by atoms with van der Waals surface area (Å²) in [4.78, 5) is 8.12. The maximum absolute atomic E-state index is 12.2. The molecule has 3 heterocycles. The molecule has 4 rings (SSSR count). The Hall–Kier alpha value is -1.96. The molecule has 0 fully saturated rings. The number of sulfone groups is 1. The predicted octanol–water partition coefficient (Wildman–Crippen LogP) is 3.54. The molecule has 1 aromatic carbocycles. The smallest absolute Gasteiger partial charge is 0.227 e. The third-order valence-corrected chi connectivity index (χ3v) is 7.21. The van der Waals surface area contributed by atoms with E-state index in [2.05, 4.69) is 33.5 Å². The van der Waals surface area contributed by atoms with Gasteiger partial charge in [-0.05, 0) is 41.8 Å². The van der Waals surface area contributed by atoms with Gasteiger partial charge in [0.05, 0.1) is 11.9 Å². The van der Waals surface area contributed by atoms with Crippen molar-refractivity contribution in [2.45, 2.75) is 44.1 Å². The second-order valence-corrected chi connectivity index (χ2v) is 10.3. The number of aryl methyl sites for hydroxylation is 1. The van der Waals surface area contributed by atoms with Gasteiger partial charge in [-0.15, -0.1) is 11.3 Å². The first kappa shape index (κ1) is 19.4. The van der Waals surface area contributed by atoms with Crippen LogP contribution in [0.15, 0.2) is 53.1 Å². The molecule has 0 unspecified atom stereocenters. The summed E-state index contributed by atoms with van der Waals surface area (Å²) in [5, 5.41) is 2.34. The van der Waals surface area contributed by atoms with Crippen molar-refractivity contribution in [1.29, 1.82) is 0 Å². The van der Waals surface area contributed by atoms with Gasteiger partial charge >= 0.3 is 0 Å². The van der Waals surface area contributed by atoms with Crippen LogP contribution in [-0.4, -0.2) is 35.7 Å². The Balaban J connectivity index is 1.50. The van der Waals surface area contributed by atoms with E-state index in [0.29, 0.717) is 6.54 Å². The van der Waals surface area contributed by atoms with Crippen molar-refractivity contribution in [1.82, 2.24) is 14.5 Å². The van der Waals surface area contributed by atoms with Crippen LogP contribution in [0.5, 0.6) is 0 Å². The minimum atomic E-state index is -3.35. The molecular weight excluding hydrogens is 390 g/mol. The van der Waals surface area contributed by atoms with Gasteiger partial charge in [0.1, 0.15) is 0 Å². The van der Waals surface area contributed by atoms with Gasteiger partial charge in [0.15, 0.2) is 0 Å². The van der Waals surface area contributed by atoms with E-state index >= 15 is 0 Å². The first-order valence-corrected chi connectivity index (χ1v) is 12.3. The average Bonchev–Trinajstić information content (AvgIpc) is 3.29. The standard InChI is InChI=1S/C21H25N3O2S2/c1-28(25,26)21-22-14-19(16-23-12-9-20-18(15-23)10-13-27-20)24(21)11-5-8-17-6-3-2-4-7-17/h2-4,6-7,10,13-14H,5,8-9,11-12,15-16H2,1H3. The van der Waals surface area contributed by atoms with E-state index in [1.165, 1.54) is 22.3 Å². The van der Waals surface area contributed by atoms with Crippen LogP contribution in [0.25, 0.3) is 0 Å². The molecule has 28 heavy (non-hydrogen) atoms. The van der Waals surface area contributed by atoms with E-state index in [-0.39, 0.29) is 5.16 Å². The van der Waals surface area contributed by atoms with Crippen molar-refractivity contribution in [3.63, 3.8) is 0 Å². The van der Waals surface area contributed by atoms with Gasteiger partial charge in [0.25, 0.3) is 0 Å². The highest BCUT2D eigenvalue weighted by Crippen LogP contribution is 2.25. The summed E-state index contributed by atoms with van der Waals surface area (Å²) >= 11 is 1.83. The lowest BCUT2D eigenvalue weighted by molar-refractivity contribution is 0.240. The Kier molecular flexibility index (Phi) is 5.66. The molecule has 0 N–H and O–H groups in total. The second kappa shape index (κ2) is 8.19. The zero-order chi connectivity index (χ0) is 19.6. The molecular formula is C21H25N3O2S2. The Labute approximate surface area is 170 Å². The summed E-state index contributed by atoms with van der Waals surface area (Å²) in [5.41, 5.74) is 3.65. The van der Waals surface area contributed by atoms with E-state index in [1.54, 1.807) is 6.20 Å². The summed E-state index contributed by atoms with van der Waals surface area (Å²) in [6.07, 6.45) is 5.84. The molecule has 0 radical (unpaired) electrons. The van der Waals surface area contributed by atoms with Gasteiger partial charge in [0, 0.05) is 37.3 Å². The van der Waals surface area contributed by atoms with E-state index in [1.807, 2.05) is 34.1 Å². The summed E-state index contributed by atoms with van der Waals surface area (Å²) in [6, 6.07) is 12.5. The normalized spacial score (nSPS) is 14.9. The number of hydrogen-bond acceptors (Lipinski definition) is 5. The largest absolute Gasteiger partial charge is 0.318 e. The number of nitrogens with zero attached hydrogens (tertiary/aromatic N) is 3. The highest BCUT2D eigenvalue weighted by molar-refractivity contribution is 7.90. The zero-order valence-electron chi connectivity index (χ0n) is 16.0. The fraction of sp³-hybridized carbons (Fsp3) is 0.381. The van der Waals surface area contributed by atoms with Crippen LogP contribution in [0.2, 0.25) is 0 Å². The zero-order valence-corrected chi connectivity index (χ0v) is 17.7. The number of benzene rings is 1. The molecule has 2 aromatic heterocycles. The number of fused-ring (bicyclic) bond motifs is 1. The average molecular weight is 416 g/mol. The molecule has 1 aliphatic rings. The van der Waals surface area contributed by atoms with E-state index in [0.717, 1.165) is 44.6 Å².